The molecule has 0 aromatic carbocycles. The predicted octanol–water partition coefficient (Wildman–Crippen LogP) is 1.90. The maximum absolute atomic E-state index is 12.5. The van der Waals surface area contributed by atoms with Gasteiger partial charge in [0.15, 0.2) is 0 Å². The average Bonchev–Trinajstić information content (AvgIpc) is 3.43. The Hall–Kier alpha value is -1.98. The minimum atomic E-state index is -0.166. The van der Waals surface area contributed by atoms with Gasteiger partial charge in [-0.1, -0.05) is 20.8 Å². The number of hydrogen-bond donors (Lipinski definition) is 0. The zero-order chi connectivity index (χ0) is 21.4. The lowest BCUT2D eigenvalue weighted by Crippen LogP contribution is -2.39. The van der Waals surface area contributed by atoms with Crippen LogP contribution in [0.2, 0.25) is 0 Å². The van der Waals surface area contributed by atoms with Crippen molar-refractivity contribution in [2.45, 2.75) is 59.3 Å². The van der Waals surface area contributed by atoms with Gasteiger partial charge in [0, 0.05) is 0 Å². The quantitative estimate of drug-likeness (QED) is 0.613. The van der Waals surface area contributed by atoms with Crippen molar-refractivity contribution in [2.75, 3.05) is 19.8 Å². The number of hydrogen-bond acceptors (Lipinski definition) is 6. The molecule has 0 heterocycles. The molecule has 168 valence electrons. The van der Waals surface area contributed by atoms with E-state index in [2.05, 4.69) is 0 Å². The van der Waals surface area contributed by atoms with Crippen molar-refractivity contribution in [3.05, 3.63) is 34.6 Å². The molecule has 0 spiro atoms. The SMILES string of the molecule is CCOC([O-])=C1CC2C3CC(=C([O-])OCC)CC3C3CC(=C([O-])OCC)CC3C2C1. The van der Waals surface area contributed by atoms with Gasteiger partial charge in [-0.25, -0.2) is 0 Å². The van der Waals surface area contributed by atoms with E-state index in [0.717, 1.165) is 55.2 Å². The Morgan fingerprint density at radius 3 is 0.900 bits per heavy atom. The zero-order valence-electron chi connectivity index (χ0n) is 18.3. The van der Waals surface area contributed by atoms with E-state index in [9.17, 15) is 15.3 Å². The van der Waals surface area contributed by atoms with Crippen LogP contribution in [0.3, 0.4) is 0 Å². The lowest BCUT2D eigenvalue weighted by molar-refractivity contribution is -0.359. The highest BCUT2D eigenvalue weighted by Crippen LogP contribution is 2.65. The van der Waals surface area contributed by atoms with Gasteiger partial charge in [0.2, 0.25) is 0 Å². The Balaban J connectivity index is 1.67. The number of ether oxygens (including phenoxy) is 3. The summed E-state index contributed by atoms with van der Waals surface area (Å²) in [5.74, 6) is 1.77. The molecule has 0 unspecified atom stereocenters. The second kappa shape index (κ2) is 8.64. The molecule has 0 aliphatic heterocycles. The smallest absolute Gasteiger partial charge is 0.0504 e. The molecule has 4 rings (SSSR count). The zero-order valence-corrected chi connectivity index (χ0v) is 18.3. The van der Waals surface area contributed by atoms with Crippen LogP contribution < -0.4 is 15.3 Å². The lowest BCUT2D eigenvalue weighted by Gasteiger charge is -2.44. The molecule has 4 aliphatic carbocycles. The molecule has 0 aromatic rings. The van der Waals surface area contributed by atoms with Crippen LogP contribution in [0.5, 0.6) is 0 Å². The van der Waals surface area contributed by atoms with Crippen molar-refractivity contribution in [3.63, 3.8) is 0 Å². The molecule has 4 aliphatic rings. The summed E-state index contributed by atoms with van der Waals surface area (Å²) in [4.78, 5) is 0. The van der Waals surface area contributed by atoms with E-state index in [4.69, 9.17) is 14.2 Å². The highest BCUT2D eigenvalue weighted by atomic mass is 16.6. The maximum Gasteiger partial charge on any atom is 0.0504 e. The van der Waals surface area contributed by atoms with Gasteiger partial charge in [0.05, 0.1) is 17.8 Å². The molecule has 4 fully saturated rings. The molecular formula is C24H33O6-3. The van der Waals surface area contributed by atoms with Crippen LogP contribution >= 0.6 is 0 Å². The van der Waals surface area contributed by atoms with E-state index in [0.29, 0.717) is 55.3 Å². The summed E-state index contributed by atoms with van der Waals surface area (Å²) in [5, 5.41) is 37.4. The summed E-state index contributed by atoms with van der Waals surface area (Å²) >= 11 is 0. The Bertz CT molecular complexity index is 603. The second-order valence-corrected chi connectivity index (χ2v) is 9.18. The minimum Gasteiger partial charge on any atom is -0.614 e. The predicted molar refractivity (Wildman–Crippen MR) is 105 cm³/mol. The molecule has 30 heavy (non-hydrogen) atoms. The Labute approximate surface area is 179 Å². The minimum absolute atomic E-state index is 0.166. The second-order valence-electron chi connectivity index (χ2n) is 9.18. The first-order valence-corrected chi connectivity index (χ1v) is 11.5. The van der Waals surface area contributed by atoms with Gasteiger partial charge >= 0.3 is 0 Å². The van der Waals surface area contributed by atoms with Gasteiger partial charge in [-0.2, -0.15) is 0 Å². The number of allylic oxidation sites excluding steroid dienone is 3. The normalized spacial score (nSPS) is 34.3. The highest BCUT2D eigenvalue weighted by molar-refractivity contribution is 5.26. The van der Waals surface area contributed by atoms with E-state index >= 15 is 0 Å². The van der Waals surface area contributed by atoms with Crippen LogP contribution in [0.25, 0.3) is 0 Å². The molecule has 0 radical (unpaired) electrons. The van der Waals surface area contributed by atoms with Gasteiger partial charge in [-0.15, -0.1) is 0 Å². The van der Waals surface area contributed by atoms with Gasteiger partial charge in [0.25, 0.3) is 0 Å². The van der Waals surface area contributed by atoms with Crippen molar-refractivity contribution < 1.29 is 29.5 Å². The van der Waals surface area contributed by atoms with Gasteiger partial charge in [0.1, 0.15) is 0 Å². The Morgan fingerprint density at radius 2 is 0.733 bits per heavy atom. The molecule has 0 amide bonds. The summed E-state index contributed by atoms with van der Waals surface area (Å²) in [5.41, 5.74) is 2.67. The molecule has 6 nitrogen and oxygen atoms in total. The largest absolute Gasteiger partial charge is 0.614 e. The molecule has 4 saturated carbocycles. The van der Waals surface area contributed by atoms with E-state index in [1.807, 2.05) is 20.8 Å². The average molecular weight is 418 g/mol. The highest BCUT2D eigenvalue weighted by Gasteiger charge is 2.56. The molecule has 0 bridgehead atoms. The van der Waals surface area contributed by atoms with Crippen LogP contribution in [-0.2, 0) is 14.2 Å². The molecule has 0 saturated heterocycles. The standard InChI is InChI=1S/C24H36O6/c1-4-28-22(25)13-7-16-17(8-13)19-10-15(24(27)30-6-3)12-21(19)20-11-14(9-18(16)20)23(26)29-5-2/h16-21,25-27H,4-12H2,1-3H3/p-3. The molecule has 6 heteroatoms. The van der Waals surface area contributed by atoms with Crippen molar-refractivity contribution >= 4 is 0 Å². The fourth-order valence-corrected chi connectivity index (χ4v) is 6.88. The third-order valence-electron chi connectivity index (χ3n) is 7.88. The van der Waals surface area contributed by atoms with Crippen LogP contribution in [0.1, 0.15) is 59.3 Å². The first kappa shape index (κ1) is 21.3. The van der Waals surface area contributed by atoms with E-state index in [1.165, 1.54) is 0 Å². The van der Waals surface area contributed by atoms with Crippen LogP contribution in [0.4, 0.5) is 0 Å². The molecule has 0 atom stereocenters. The van der Waals surface area contributed by atoms with Crippen molar-refractivity contribution in [1.29, 1.82) is 0 Å². The van der Waals surface area contributed by atoms with Crippen LogP contribution in [-0.4, -0.2) is 19.8 Å². The first-order chi connectivity index (χ1) is 14.5. The monoisotopic (exact) mass is 417 g/mol. The maximum atomic E-state index is 12.5. The van der Waals surface area contributed by atoms with E-state index in [-0.39, 0.29) is 17.8 Å². The lowest BCUT2D eigenvalue weighted by atomic mass is 9.60. The summed E-state index contributed by atoms with van der Waals surface area (Å²) in [6, 6.07) is 0. The summed E-state index contributed by atoms with van der Waals surface area (Å²) in [7, 11) is 0. The molecule has 0 N–H and O–H groups in total. The summed E-state index contributed by atoms with van der Waals surface area (Å²) in [6.45, 7) is 6.66. The Kier molecular flexibility index (Phi) is 6.12. The van der Waals surface area contributed by atoms with Crippen molar-refractivity contribution in [3.8, 4) is 0 Å². The first-order valence-electron chi connectivity index (χ1n) is 11.5. The van der Waals surface area contributed by atoms with E-state index < -0.39 is 0 Å². The Morgan fingerprint density at radius 1 is 0.533 bits per heavy atom. The molecular weight excluding hydrogens is 384 g/mol. The molecule has 0 aromatic heterocycles. The fourth-order valence-electron chi connectivity index (χ4n) is 6.88. The van der Waals surface area contributed by atoms with Gasteiger partial charge in [-0.3, -0.25) is 0 Å². The fraction of sp³-hybridized carbons (Fsp3) is 0.750. The third-order valence-corrected chi connectivity index (χ3v) is 7.88. The summed E-state index contributed by atoms with van der Waals surface area (Å²) in [6.07, 6.45) is 4.58. The summed E-state index contributed by atoms with van der Waals surface area (Å²) < 4.78 is 15.9. The number of fused-ring (bicyclic) bond motifs is 6. The van der Waals surface area contributed by atoms with Crippen molar-refractivity contribution in [2.24, 2.45) is 35.5 Å². The van der Waals surface area contributed by atoms with Crippen LogP contribution in [0, 0.1) is 35.5 Å². The van der Waals surface area contributed by atoms with Crippen LogP contribution in [0.15, 0.2) is 34.6 Å². The number of rotatable bonds is 6. The van der Waals surface area contributed by atoms with Gasteiger partial charge in [-0.05, 0) is 111 Å². The topological polar surface area (TPSA) is 96.9 Å². The third kappa shape index (κ3) is 3.63. The van der Waals surface area contributed by atoms with E-state index in [1.54, 1.807) is 0 Å². The van der Waals surface area contributed by atoms with Gasteiger partial charge < -0.3 is 29.5 Å². The van der Waals surface area contributed by atoms with Crippen molar-refractivity contribution in [1.82, 2.24) is 0 Å².